The van der Waals surface area contributed by atoms with E-state index in [2.05, 4.69) is 9.72 Å². The fourth-order valence-corrected chi connectivity index (χ4v) is 2.21. The van der Waals surface area contributed by atoms with Crippen LogP contribution in [0.15, 0.2) is 18.2 Å². The lowest BCUT2D eigenvalue weighted by Gasteiger charge is -2.11. The first-order chi connectivity index (χ1) is 9.97. The Balaban J connectivity index is 2.50. The molecule has 114 valence electrons. The molecule has 0 radical (unpaired) electrons. The third-order valence-corrected chi connectivity index (χ3v) is 3.17. The first kappa shape index (κ1) is 15.1. The molecular weight excluding hydrogens is 280 g/mol. The summed E-state index contributed by atoms with van der Waals surface area (Å²) >= 11 is 0. The van der Waals surface area contributed by atoms with E-state index in [1.165, 1.54) is 13.2 Å². The number of hydrogen-bond donors (Lipinski definition) is 1. The van der Waals surface area contributed by atoms with Gasteiger partial charge in [-0.25, -0.2) is 4.98 Å². The summed E-state index contributed by atoms with van der Waals surface area (Å²) in [5.74, 6) is 1.43. The highest BCUT2D eigenvalue weighted by Crippen LogP contribution is 2.35. The molecule has 0 aliphatic heterocycles. The number of aromatic nitrogens is 2. The minimum atomic E-state index is -2.93. The number of imidazole rings is 1. The maximum absolute atomic E-state index is 12.5. The van der Waals surface area contributed by atoms with Crippen molar-refractivity contribution in [2.75, 3.05) is 12.8 Å². The Labute approximate surface area is 121 Å². The van der Waals surface area contributed by atoms with Gasteiger partial charge in [0.1, 0.15) is 17.3 Å². The van der Waals surface area contributed by atoms with Crippen LogP contribution in [0.3, 0.4) is 0 Å². The van der Waals surface area contributed by atoms with Crippen molar-refractivity contribution < 1.29 is 18.3 Å². The molecule has 0 saturated carbocycles. The van der Waals surface area contributed by atoms with Crippen molar-refractivity contribution in [3.8, 4) is 22.8 Å². The van der Waals surface area contributed by atoms with Crippen LogP contribution in [0.4, 0.5) is 14.6 Å². The highest BCUT2D eigenvalue weighted by molar-refractivity contribution is 5.73. The molecule has 0 atom stereocenters. The van der Waals surface area contributed by atoms with E-state index in [0.717, 1.165) is 5.82 Å². The van der Waals surface area contributed by atoms with Crippen LogP contribution >= 0.6 is 0 Å². The number of rotatable bonds is 5. The lowest BCUT2D eigenvalue weighted by atomic mass is 10.1. The predicted molar refractivity (Wildman–Crippen MR) is 75.7 cm³/mol. The summed E-state index contributed by atoms with van der Waals surface area (Å²) in [4.78, 5) is 4.38. The van der Waals surface area contributed by atoms with Crippen molar-refractivity contribution in [2.45, 2.75) is 27.0 Å². The van der Waals surface area contributed by atoms with Crippen LogP contribution < -0.4 is 15.2 Å². The van der Waals surface area contributed by atoms with E-state index in [1.807, 2.05) is 18.4 Å². The fourth-order valence-electron chi connectivity index (χ4n) is 2.21. The molecule has 0 aliphatic rings. The number of nitrogen functional groups attached to an aromatic ring is 1. The van der Waals surface area contributed by atoms with Crippen LogP contribution in [0.2, 0.25) is 0 Å². The van der Waals surface area contributed by atoms with E-state index in [1.54, 1.807) is 12.1 Å². The lowest BCUT2D eigenvalue weighted by Crippen LogP contribution is -2.04. The van der Waals surface area contributed by atoms with E-state index < -0.39 is 6.61 Å². The third kappa shape index (κ3) is 2.91. The van der Waals surface area contributed by atoms with Crippen molar-refractivity contribution in [3.63, 3.8) is 0 Å². The summed E-state index contributed by atoms with van der Waals surface area (Å²) in [6, 6.07) is 4.70. The molecule has 2 N–H and O–H groups in total. The van der Waals surface area contributed by atoms with Crippen LogP contribution in [0.1, 0.15) is 12.7 Å². The second-order valence-corrected chi connectivity index (χ2v) is 4.38. The second kappa shape index (κ2) is 5.99. The zero-order chi connectivity index (χ0) is 15.6. The lowest BCUT2D eigenvalue weighted by molar-refractivity contribution is -0.0511. The van der Waals surface area contributed by atoms with Gasteiger partial charge in [0, 0.05) is 12.1 Å². The van der Waals surface area contributed by atoms with Crippen LogP contribution in [0.5, 0.6) is 11.5 Å². The normalized spacial score (nSPS) is 11.0. The van der Waals surface area contributed by atoms with Crippen molar-refractivity contribution >= 4 is 5.82 Å². The van der Waals surface area contributed by atoms with Gasteiger partial charge in [-0.15, -0.1) is 0 Å². The van der Waals surface area contributed by atoms with E-state index in [4.69, 9.17) is 10.5 Å². The number of ether oxygens (including phenoxy) is 2. The fraction of sp³-hybridized carbons (Fsp3) is 0.357. The predicted octanol–water partition coefficient (Wildman–Crippen LogP) is 3.07. The molecule has 2 aromatic rings. The van der Waals surface area contributed by atoms with Gasteiger partial charge in [-0.2, -0.15) is 8.78 Å². The van der Waals surface area contributed by atoms with Gasteiger partial charge in [0.05, 0.1) is 7.11 Å². The number of nitrogens with two attached hydrogens (primary N) is 1. The molecule has 2 rings (SSSR count). The first-order valence-corrected chi connectivity index (χ1v) is 6.43. The summed E-state index contributed by atoms with van der Waals surface area (Å²) in [6.07, 6.45) is 0. The molecule has 0 bridgehead atoms. The van der Waals surface area contributed by atoms with Crippen molar-refractivity contribution in [1.82, 2.24) is 9.55 Å². The first-order valence-electron chi connectivity index (χ1n) is 6.43. The monoisotopic (exact) mass is 297 g/mol. The van der Waals surface area contributed by atoms with Gasteiger partial charge >= 0.3 is 6.61 Å². The molecule has 21 heavy (non-hydrogen) atoms. The SMILES string of the molecule is CCn1c(C)nc(-c2ccc(OC)c(OC(F)F)c2)c1N. The Morgan fingerprint density at radius 2 is 2.05 bits per heavy atom. The zero-order valence-corrected chi connectivity index (χ0v) is 12.1. The zero-order valence-electron chi connectivity index (χ0n) is 12.1. The maximum atomic E-state index is 12.5. The molecular formula is C14H17F2N3O2. The smallest absolute Gasteiger partial charge is 0.387 e. The van der Waals surface area contributed by atoms with E-state index >= 15 is 0 Å². The van der Waals surface area contributed by atoms with E-state index in [9.17, 15) is 8.78 Å². The minimum absolute atomic E-state index is 0.0481. The number of nitrogens with zero attached hydrogens (tertiary/aromatic N) is 2. The summed E-state index contributed by atoms with van der Waals surface area (Å²) < 4.78 is 36.2. The van der Waals surface area contributed by atoms with Gasteiger partial charge in [-0.05, 0) is 32.0 Å². The molecule has 1 aromatic carbocycles. The molecule has 0 unspecified atom stereocenters. The number of benzene rings is 1. The molecule has 0 aliphatic carbocycles. The number of halogens is 2. The molecule has 0 spiro atoms. The number of methoxy groups -OCH3 is 1. The summed E-state index contributed by atoms with van der Waals surface area (Å²) in [5, 5.41) is 0. The number of hydrogen-bond acceptors (Lipinski definition) is 4. The molecule has 1 aromatic heterocycles. The summed E-state index contributed by atoms with van der Waals surface area (Å²) in [5.41, 5.74) is 7.18. The Morgan fingerprint density at radius 3 is 2.57 bits per heavy atom. The second-order valence-electron chi connectivity index (χ2n) is 4.38. The van der Waals surface area contributed by atoms with Gasteiger partial charge in [-0.1, -0.05) is 0 Å². The van der Waals surface area contributed by atoms with E-state index in [-0.39, 0.29) is 11.5 Å². The highest BCUT2D eigenvalue weighted by Gasteiger charge is 2.16. The molecule has 0 amide bonds. The number of anilines is 1. The quantitative estimate of drug-likeness (QED) is 0.921. The van der Waals surface area contributed by atoms with Crippen LogP contribution in [-0.4, -0.2) is 23.3 Å². The Bertz CT molecular complexity index is 641. The average molecular weight is 297 g/mol. The van der Waals surface area contributed by atoms with Gasteiger partial charge < -0.3 is 19.8 Å². The van der Waals surface area contributed by atoms with Gasteiger partial charge in [-0.3, -0.25) is 0 Å². The average Bonchev–Trinajstić information content (AvgIpc) is 2.72. The molecule has 7 heteroatoms. The molecule has 0 saturated heterocycles. The Morgan fingerprint density at radius 1 is 1.33 bits per heavy atom. The Kier molecular flexibility index (Phi) is 4.30. The summed E-state index contributed by atoms with van der Waals surface area (Å²) in [7, 11) is 1.39. The summed E-state index contributed by atoms with van der Waals surface area (Å²) in [6.45, 7) is 1.54. The van der Waals surface area contributed by atoms with Crippen LogP contribution in [0.25, 0.3) is 11.3 Å². The van der Waals surface area contributed by atoms with Crippen molar-refractivity contribution in [1.29, 1.82) is 0 Å². The maximum Gasteiger partial charge on any atom is 0.387 e. The largest absolute Gasteiger partial charge is 0.493 e. The molecule has 1 heterocycles. The molecule has 5 nitrogen and oxygen atoms in total. The Hall–Kier alpha value is -2.31. The third-order valence-electron chi connectivity index (χ3n) is 3.17. The highest BCUT2D eigenvalue weighted by atomic mass is 19.3. The van der Waals surface area contributed by atoms with Crippen LogP contribution in [0, 0.1) is 6.92 Å². The van der Waals surface area contributed by atoms with Gasteiger partial charge in [0.2, 0.25) is 0 Å². The van der Waals surface area contributed by atoms with Crippen LogP contribution in [-0.2, 0) is 6.54 Å². The van der Waals surface area contributed by atoms with Crippen molar-refractivity contribution in [2.24, 2.45) is 0 Å². The minimum Gasteiger partial charge on any atom is -0.493 e. The molecule has 0 fully saturated rings. The van der Waals surface area contributed by atoms with Gasteiger partial charge in [0.25, 0.3) is 0 Å². The number of alkyl halides is 2. The van der Waals surface area contributed by atoms with Gasteiger partial charge in [0.15, 0.2) is 11.5 Å². The topological polar surface area (TPSA) is 62.3 Å². The standard InChI is InChI=1S/C14H17F2N3O2/c1-4-19-8(2)18-12(13(19)17)9-5-6-10(20-3)11(7-9)21-14(15)16/h5-7,14H,4,17H2,1-3H3. The number of aryl methyl sites for hydroxylation is 1. The van der Waals surface area contributed by atoms with Crippen molar-refractivity contribution in [3.05, 3.63) is 24.0 Å². The van der Waals surface area contributed by atoms with E-state index in [0.29, 0.717) is 23.6 Å².